The second kappa shape index (κ2) is 10.6. The molecule has 2 aromatic rings. The van der Waals surface area contributed by atoms with Gasteiger partial charge < -0.3 is 15.1 Å². The molecule has 2 atom stereocenters. The molecule has 0 radical (unpaired) electrons. The first kappa shape index (κ1) is 27.1. The summed E-state index contributed by atoms with van der Waals surface area (Å²) in [5.74, 6) is -0.303. The maximum atomic E-state index is 13.2. The first-order valence-corrected chi connectivity index (χ1v) is 12.7. The van der Waals surface area contributed by atoms with Gasteiger partial charge in [-0.3, -0.25) is 20.3 Å². The highest BCUT2D eigenvalue weighted by Crippen LogP contribution is 2.29. The van der Waals surface area contributed by atoms with Crippen molar-refractivity contribution >= 4 is 38.8 Å². The van der Waals surface area contributed by atoms with Gasteiger partial charge >= 0.3 is 10.2 Å². The molecule has 0 spiro atoms. The van der Waals surface area contributed by atoms with Crippen LogP contribution >= 0.6 is 0 Å². The Labute approximate surface area is 210 Å². The summed E-state index contributed by atoms with van der Waals surface area (Å²) in [5, 5.41) is 11.5. The van der Waals surface area contributed by atoms with Crippen LogP contribution in [0.25, 0.3) is 11.0 Å². The Hall–Kier alpha value is -3.48. The average molecular weight is 517 g/mol. The van der Waals surface area contributed by atoms with Crippen molar-refractivity contribution in [1.82, 2.24) is 19.2 Å². The number of nitrogens with zero attached hydrogens (tertiary/aromatic N) is 2. The third-order valence-corrected chi connectivity index (χ3v) is 7.32. The fourth-order valence-electron chi connectivity index (χ4n) is 3.76. The van der Waals surface area contributed by atoms with E-state index in [9.17, 15) is 18.0 Å². The van der Waals surface area contributed by atoms with E-state index < -0.39 is 22.2 Å². The molecule has 0 fully saturated rings. The molecule has 12 heteroatoms. The van der Waals surface area contributed by atoms with Gasteiger partial charge in [0.25, 0.3) is 5.91 Å². The van der Waals surface area contributed by atoms with Crippen molar-refractivity contribution < 1.29 is 22.4 Å². The third kappa shape index (κ3) is 6.20. The number of nitrogens with one attached hydrogen (secondary N) is 3. The maximum Gasteiger partial charge on any atom is 0.303 e. The Bertz CT molecular complexity index is 1360. The summed E-state index contributed by atoms with van der Waals surface area (Å²) in [4.78, 5) is 26.4. The third-order valence-electron chi connectivity index (χ3n) is 5.90. The minimum atomic E-state index is -4.02. The molecule has 0 bridgehead atoms. The minimum absolute atomic E-state index is 0.0525. The lowest BCUT2D eigenvalue weighted by molar-refractivity contribution is -0.128. The molecular formula is C24H32N6O5S. The summed E-state index contributed by atoms with van der Waals surface area (Å²) >= 11 is 0. The molecule has 2 amide bonds. The largest absolute Gasteiger partial charge is 0.459 e. The number of furan rings is 1. The quantitative estimate of drug-likeness (QED) is 0.290. The topological polar surface area (TPSA) is 162 Å². The molecule has 11 nitrogen and oxygen atoms in total. The summed E-state index contributed by atoms with van der Waals surface area (Å²) in [6, 6.07) is 4.03. The molecule has 0 saturated carbocycles. The zero-order chi connectivity index (χ0) is 26.8. The number of benzene rings is 1. The number of carbonyl (C=O) groups is 2. The van der Waals surface area contributed by atoms with Crippen molar-refractivity contribution in [1.29, 1.82) is 5.41 Å². The highest BCUT2D eigenvalue weighted by molar-refractivity contribution is 7.87. The Morgan fingerprint density at radius 1 is 1.25 bits per heavy atom. The summed E-state index contributed by atoms with van der Waals surface area (Å²) < 4.78 is 33.8. The molecule has 1 heterocycles. The second-order valence-electron chi connectivity index (χ2n) is 8.97. The number of nitrogens with two attached hydrogens (primary N) is 1. The number of hydrogen-bond acceptors (Lipinski definition) is 7. The van der Waals surface area contributed by atoms with Crippen LogP contribution in [-0.2, 0) is 26.3 Å². The van der Waals surface area contributed by atoms with Crippen LogP contribution in [0.5, 0.6) is 0 Å². The second-order valence-corrected chi connectivity index (χ2v) is 10.9. The van der Waals surface area contributed by atoms with E-state index in [0.29, 0.717) is 35.4 Å². The van der Waals surface area contributed by atoms with E-state index in [4.69, 9.17) is 15.6 Å². The summed E-state index contributed by atoms with van der Waals surface area (Å²) in [6.45, 7) is 3.60. The summed E-state index contributed by atoms with van der Waals surface area (Å²) in [5.41, 5.74) is 8.06. The van der Waals surface area contributed by atoms with Crippen LogP contribution in [0.1, 0.15) is 36.3 Å². The fourth-order valence-corrected chi connectivity index (χ4v) is 4.31. The van der Waals surface area contributed by atoms with Crippen molar-refractivity contribution in [2.24, 2.45) is 5.73 Å². The van der Waals surface area contributed by atoms with Crippen LogP contribution in [0.15, 0.2) is 46.4 Å². The van der Waals surface area contributed by atoms with Crippen molar-refractivity contribution in [3.05, 3.63) is 58.9 Å². The van der Waals surface area contributed by atoms with E-state index >= 15 is 0 Å². The molecule has 0 saturated heterocycles. The minimum Gasteiger partial charge on any atom is -0.459 e. The molecule has 3 rings (SSSR count). The summed E-state index contributed by atoms with van der Waals surface area (Å²) in [7, 11) is 0.317. The van der Waals surface area contributed by atoms with Gasteiger partial charge in [0, 0.05) is 45.1 Å². The van der Waals surface area contributed by atoms with E-state index in [-0.39, 0.29) is 17.8 Å². The van der Waals surface area contributed by atoms with Crippen LogP contribution < -0.4 is 15.8 Å². The molecule has 1 aliphatic rings. The van der Waals surface area contributed by atoms with Crippen molar-refractivity contribution in [3.8, 4) is 0 Å². The van der Waals surface area contributed by atoms with Crippen LogP contribution in [0.4, 0.5) is 0 Å². The van der Waals surface area contributed by atoms with E-state index in [1.54, 1.807) is 43.5 Å². The first-order valence-electron chi connectivity index (χ1n) is 11.3. The molecular weight excluding hydrogens is 484 g/mol. The van der Waals surface area contributed by atoms with Gasteiger partial charge in [0.05, 0.1) is 6.54 Å². The van der Waals surface area contributed by atoms with Gasteiger partial charge in [-0.2, -0.15) is 12.7 Å². The lowest BCUT2D eigenvalue weighted by Crippen LogP contribution is -2.47. The van der Waals surface area contributed by atoms with Crippen LogP contribution in [0.2, 0.25) is 0 Å². The smallest absolute Gasteiger partial charge is 0.303 e. The van der Waals surface area contributed by atoms with Crippen molar-refractivity contribution in [3.63, 3.8) is 0 Å². The highest BCUT2D eigenvalue weighted by atomic mass is 32.2. The molecule has 1 aliphatic carbocycles. The Morgan fingerprint density at radius 2 is 1.94 bits per heavy atom. The highest BCUT2D eigenvalue weighted by Gasteiger charge is 2.29. The van der Waals surface area contributed by atoms with Crippen LogP contribution in [0, 0.1) is 12.3 Å². The Kier molecular flexibility index (Phi) is 8.02. The van der Waals surface area contributed by atoms with Crippen LogP contribution in [-0.4, -0.2) is 62.5 Å². The van der Waals surface area contributed by atoms with Crippen LogP contribution in [0.3, 0.4) is 0 Å². The number of rotatable bonds is 9. The number of fused-ring (bicyclic) bond motifs is 1. The van der Waals surface area contributed by atoms with Gasteiger partial charge in [0.2, 0.25) is 5.91 Å². The van der Waals surface area contributed by atoms with Gasteiger partial charge in [-0.15, -0.1) is 0 Å². The van der Waals surface area contributed by atoms with Crippen molar-refractivity contribution in [2.45, 2.75) is 38.9 Å². The normalized spacial score (nSPS) is 16.6. The van der Waals surface area contributed by atoms with Gasteiger partial charge in [0.1, 0.15) is 23.2 Å². The predicted octanol–water partition coefficient (Wildman–Crippen LogP) is 1.46. The van der Waals surface area contributed by atoms with E-state index in [1.807, 2.05) is 6.92 Å². The van der Waals surface area contributed by atoms with Gasteiger partial charge in [-0.05, 0) is 36.6 Å². The standard InChI is InChI=1S/C24H32N6O5S/c1-14-10-17(11-18-12-20(35-22(14)18)13-30(5)15(2)31)21(24(32)28-36(33,34)29(3)4)27-19-8-6-16(7-9-19)23(25)26/h6-8,10-12,19,21,27H,9,13H2,1-5H3,(H3,25,26)(H,28,32). The first-order chi connectivity index (χ1) is 16.8. The monoisotopic (exact) mass is 516 g/mol. The van der Waals surface area contributed by atoms with Gasteiger partial charge in [-0.25, -0.2) is 4.72 Å². The molecule has 194 valence electrons. The van der Waals surface area contributed by atoms with Gasteiger partial charge in [0.15, 0.2) is 0 Å². The Morgan fingerprint density at radius 3 is 2.50 bits per heavy atom. The SMILES string of the molecule is CC(=O)N(C)Cc1cc2cc(C(NC3C=CC(C(=N)N)=CC3)C(=O)NS(=O)(=O)N(C)C)cc(C)c2o1. The number of amides is 2. The predicted molar refractivity (Wildman–Crippen MR) is 137 cm³/mol. The lowest BCUT2D eigenvalue weighted by atomic mass is 9.97. The number of aryl methyl sites for hydroxylation is 1. The fraction of sp³-hybridized carbons (Fsp3) is 0.375. The zero-order valence-corrected chi connectivity index (χ0v) is 21.8. The number of hydrogen-bond donors (Lipinski definition) is 4. The van der Waals surface area contributed by atoms with Gasteiger partial charge in [-0.1, -0.05) is 24.3 Å². The molecule has 5 N–H and O–H groups in total. The van der Waals surface area contributed by atoms with E-state index in [2.05, 4.69) is 10.0 Å². The number of carbonyl (C=O) groups excluding carboxylic acids is 2. The maximum absolute atomic E-state index is 13.2. The Balaban J connectivity index is 1.97. The molecule has 36 heavy (non-hydrogen) atoms. The zero-order valence-electron chi connectivity index (χ0n) is 21.0. The van der Waals surface area contributed by atoms with E-state index in [0.717, 1.165) is 15.3 Å². The van der Waals surface area contributed by atoms with Crippen molar-refractivity contribution in [2.75, 3.05) is 21.1 Å². The number of amidine groups is 1. The molecule has 1 aromatic heterocycles. The van der Waals surface area contributed by atoms with E-state index in [1.165, 1.54) is 25.9 Å². The average Bonchev–Trinajstić information content (AvgIpc) is 3.20. The molecule has 0 aliphatic heterocycles. The summed E-state index contributed by atoms with van der Waals surface area (Å²) in [6.07, 6.45) is 5.73. The molecule has 2 unspecified atom stereocenters. The lowest BCUT2D eigenvalue weighted by Gasteiger charge is -2.25. The molecule has 1 aromatic carbocycles.